The molecular formula is C28H30N2. The highest BCUT2D eigenvalue weighted by Crippen LogP contribution is 2.43. The van der Waals surface area contributed by atoms with Gasteiger partial charge in [0, 0.05) is 18.2 Å². The topological polar surface area (TPSA) is 15.6 Å². The molecule has 2 unspecified atom stereocenters. The molecule has 2 heteroatoms. The molecule has 0 N–H and O–H groups in total. The van der Waals surface area contributed by atoms with Gasteiger partial charge in [0.25, 0.3) is 0 Å². The van der Waals surface area contributed by atoms with Gasteiger partial charge in [0.05, 0.1) is 6.04 Å². The van der Waals surface area contributed by atoms with E-state index in [0.29, 0.717) is 23.9 Å². The van der Waals surface area contributed by atoms with Crippen LogP contribution in [0.25, 0.3) is 0 Å². The van der Waals surface area contributed by atoms with Gasteiger partial charge in [-0.1, -0.05) is 84.9 Å². The van der Waals surface area contributed by atoms with E-state index in [-0.39, 0.29) is 0 Å². The van der Waals surface area contributed by atoms with E-state index in [1.807, 2.05) is 0 Å². The summed E-state index contributed by atoms with van der Waals surface area (Å²) in [5.41, 5.74) is 5.33. The molecule has 152 valence electrons. The molecule has 0 spiro atoms. The highest BCUT2D eigenvalue weighted by atomic mass is 15.2. The molecule has 0 radical (unpaired) electrons. The van der Waals surface area contributed by atoms with Crippen molar-refractivity contribution in [1.29, 1.82) is 0 Å². The molecule has 2 bridgehead atoms. The van der Waals surface area contributed by atoms with Crippen molar-refractivity contribution in [1.82, 2.24) is 4.90 Å². The molecule has 0 amide bonds. The number of fused-ring (bicyclic) bond motifs is 3. The number of aliphatic imine (C=N–C) groups is 1. The van der Waals surface area contributed by atoms with Crippen molar-refractivity contribution in [2.45, 2.75) is 37.8 Å². The molecule has 0 aromatic heterocycles. The molecule has 3 aromatic rings. The van der Waals surface area contributed by atoms with Crippen LogP contribution < -0.4 is 0 Å². The summed E-state index contributed by atoms with van der Waals surface area (Å²) in [6.45, 7) is 4.57. The maximum Gasteiger partial charge on any atom is 0.0693 e. The highest BCUT2D eigenvalue weighted by molar-refractivity contribution is 5.81. The van der Waals surface area contributed by atoms with Gasteiger partial charge in [-0.15, -0.1) is 0 Å². The second-order valence-corrected chi connectivity index (χ2v) is 8.79. The van der Waals surface area contributed by atoms with Gasteiger partial charge in [0.1, 0.15) is 0 Å². The third kappa shape index (κ3) is 3.73. The summed E-state index contributed by atoms with van der Waals surface area (Å²) >= 11 is 0. The Morgan fingerprint density at radius 1 is 0.800 bits per heavy atom. The Hall–Kier alpha value is -2.71. The molecule has 3 heterocycles. The third-order valence-electron chi connectivity index (χ3n) is 7.06. The first kappa shape index (κ1) is 19.3. The Labute approximate surface area is 180 Å². The standard InChI is InChI=1S/C28H30N2/c1-21-10-8-9-15-25(21)20-29-27-24-16-18-30(19-17-24)28(27)26(22-11-4-2-5-12-22)23-13-6-3-7-14-23/h2-15,20,24,26-28H,16-19H2,1H3. The van der Waals surface area contributed by atoms with Crippen LogP contribution in [0.4, 0.5) is 0 Å². The molecule has 3 saturated heterocycles. The molecule has 3 aliphatic heterocycles. The molecular weight excluding hydrogens is 364 g/mol. The first-order chi connectivity index (χ1) is 14.8. The number of benzene rings is 3. The summed E-state index contributed by atoms with van der Waals surface area (Å²) in [7, 11) is 0. The lowest BCUT2D eigenvalue weighted by molar-refractivity contribution is 0.0215. The fraction of sp³-hybridized carbons (Fsp3) is 0.321. The fourth-order valence-electron chi connectivity index (χ4n) is 5.48. The zero-order valence-electron chi connectivity index (χ0n) is 17.7. The van der Waals surface area contributed by atoms with Crippen LogP contribution in [0.1, 0.15) is 41.0 Å². The van der Waals surface area contributed by atoms with E-state index in [2.05, 4.69) is 103 Å². The van der Waals surface area contributed by atoms with Crippen molar-refractivity contribution < 1.29 is 0 Å². The maximum atomic E-state index is 5.28. The number of hydrogen-bond acceptors (Lipinski definition) is 2. The van der Waals surface area contributed by atoms with Crippen molar-refractivity contribution >= 4 is 6.21 Å². The van der Waals surface area contributed by atoms with Crippen LogP contribution >= 0.6 is 0 Å². The Balaban J connectivity index is 1.56. The van der Waals surface area contributed by atoms with E-state index in [1.165, 1.54) is 48.2 Å². The van der Waals surface area contributed by atoms with Crippen LogP contribution in [0.5, 0.6) is 0 Å². The second-order valence-electron chi connectivity index (χ2n) is 8.79. The van der Waals surface area contributed by atoms with Gasteiger partial charge in [0.15, 0.2) is 0 Å². The SMILES string of the molecule is Cc1ccccc1C=NC1C2CCN(CC2)C1C(c1ccccc1)c1ccccc1. The molecule has 2 atom stereocenters. The third-order valence-corrected chi connectivity index (χ3v) is 7.06. The van der Waals surface area contributed by atoms with Crippen LogP contribution in [0.3, 0.4) is 0 Å². The molecule has 2 nitrogen and oxygen atoms in total. The van der Waals surface area contributed by atoms with Crippen LogP contribution in [0, 0.1) is 12.8 Å². The molecule has 6 rings (SSSR count). The first-order valence-corrected chi connectivity index (χ1v) is 11.2. The van der Waals surface area contributed by atoms with Crippen molar-refractivity contribution in [2.75, 3.05) is 13.1 Å². The number of piperidine rings is 3. The summed E-state index contributed by atoms with van der Waals surface area (Å²) in [6.07, 6.45) is 4.67. The minimum atomic E-state index is 0.331. The minimum Gasteiger partial charge on any atom is -0.297 e. The quantitative estimate of drug-likeness (QED) is 0.506. The number of aryl methyl sites for hydroxylation is 1. The molecule has 3 aromatic carbocycles. The first-order valence-electron chi connectivity index (χ1n) is 11.2. The Kier molecular flexibility index (Phi) is 5.50. The van der Waals surface area contributed by atoms with Gasteiger partial charge in [-0.3, -0.25) is 9.89 Å². The summed E-state index contributed by atoms with van der Waals surface area (Å²) in [5, 5.41) is 0. The zero-order chi connectivity index (χ0) is 20.3. The smallest absolute Gasteiger partial charge is 0.0693 e. The molecule has 30 heavy (non-hydrogen) atoms. The summed E-state index contributed by atoms with van der Waals surface area (Å²) in [5.74, 6) is 1.02. The normalized spacial score (nSPS) is 25.8. The number of rotatable bonds is 5. The van der Waals surface area contributed by atoms with Gasteiger partial charge in [-0.2, -0.15) is 0 Å². The lowest BCUT2D eigenvalue weighted by Gasteiger charge is -2.52. The van der Waals surface area contributed by atoms with E-state index in [1.54, 1.807) is 0 Å². The monoisotopic (exact) mass is 394 g/mol. The number of nitrogens with zero attached hydrogens (tertiary/aromatic N) is 2. The second kappa shape index (κ2) is 8.57. The Morgan fingerprint density at radius 3 is 1.97 bits per heavy atom. The predicted molar refractivity (Wildman–Crippen MR) is 125 cm³/mol. The van der Waals surface area contributed by atoms with Gasteiger partial charge < -0.3 is 0 Å². The minimum absolute atomic E-state index is 0.331. The van der Waals surface area contributed by atoms with E-state index in [0.717, 1.165) is 0 Å². The predicted octanol–water partition coefficient (Wildman–Crippen LogP) is 5.71. The van der Waals surface area contributed by atoms with Crippen molar-refractivity contribution in [3.05, 3.63) is 107 Å². The fourth-order valence-corrected chi connectivity index (χ4v) is 5.48. The summed E-state index contributed by atoms with van der Waals surface area (Å²) in [6, 6.07) is 31.4. The zero-order valence-corrected chi connectivity index (χ0v) is 17.7. The average molecular weight is 395 g/mol. The molecule has 3 fully saturated rings. The van der Waals surface area contributed by atoms with Crippen LogP contribution in [0.2, 0.25) is 0 Å². The molecule has 0 saturated carbocycles. The van der Waals surface area contributed by atoms with Crippen LogP contribution in [-0.4, -0.2) is 36.3 Å². The van der Waals surface area contributed by atoms with Crippen LogP contribution in [0.15, 0.2) is 89.9 Å². The van der Waals surface area contributed by atoms with E-state index in [4.69, 9.17) is 4.99 Å². The van der Waals surface area contributed by atoms with Gasteiger partial charge in [0.2, 0.25) is 0 Å². The lowest BCUT2D eigenvalue weighted by atomic mass is 9.71. The number of hydrogen-bond donors (Lipinski definition) is 0. The lowest BCUT2D eigenvalue weighted by Crippen LogP contribution is -2.59. The van der Waals surface area contributed by atoms with Crippen LogP contribution in [-0.2, 0) is 0 Å². The highest BCUT2D eigenvalue weighted by Gasteiger charge is 2.46. The Morgan fingerprint density at radius 2 is 1.37 bits per heavy atom. The van der Waals surface area contributed by atoms with Crippen molar-refractivity contribution in [2.24, 2.45) is 10.9 Å². The average Bonchev–Trinajstić information content (AvgIpc) is 2.81. The Bertz CT molecular complexity index is 948. The van der Waals surface area contributed by atoms with Crippen molar-refractivity contribution in [3.8, 4) is 0 Å². The molecule has 3 aliphatic rings. The van der Waals surface area contributed by atoms with E-state index >= 15 is 0 Å². The van der Waals surface area contributed by atoms with E-state index in [9.17, 15) is 0 Å². The summed E-state index contributed by atoms with van der Waals surface area (Å²) < 4.78 is 0. The molecule has 0 aliphatic carbocycles. The van der Waals surface area contributed by atoms with Crippen molar-refractivity contribution in [3.63, 3.8) is 0 Å². The largest absolute Gasteiger partial charge is 0.297 e. The van der Waals surface area contributed by atoms with E-state index < -0.39 is 0 Å². The van der Waals surface area contributed by atoms with Gasteiger partial charge >= 0.3 is 0 Å². The van der Waals surface area contributed by atoms with Gasteiger partial charge in [-0.25, -0.2) is 0 Å². The maximum absolute atomic E-state index is 5.28. The summed E-state index contributed by atoms with van der Waals surface area (Å²) in [4.78, 5) is 8.00. The van der Waals surface area contributed by atoms with Gasteiger partial charge in [-0.05, 0) is 61.0 Å².